The Balaban J connectivity index is 2.01. The highest BCUT2D eigenvalue weighted by atomic mass is 35.5. The molecule has 1 aromatic heterocycles. The van der Waals surface area contributed by atoms with Crippen LogP contribution < -0.4 is 5.32 Å². The van der Waals surface area contributed by atoms with E-state index in [2.05, 4.69) is 19.2 Å². The van der Waals surface area contributed by atoms with Crippen molar-refractivity contribution < 1.29 is 4.42 Å². The highest BCUT2D eigenvalue weighted by molar-refractivity contribution is 6.30. The fraction of sp³-hybridized carbons (Fsp3) is 0.286. The normalized spacial score (nSPS) is 14.5. The zero-order valence-electron chi connectivity index (χ0n) is 9.98. The van der Waals surface area contributed by atoms with Gasteiger partial charge in [0, 0.05) is 11.1 Å². The molecule has 0 saturated carbocycles. The van der Waals surface area contributed by atoms with E-state index >= 15 is 0 Å². The van der Waals surface area contributed by atoms with E-state index in [-0.39, 0.29) is 12.1 Å². The van der Waals surface area contributed by atoms with E-state index in [1.165, 1.54) is 5.56 Å². The Morgan fingerprint density at radius 2 is 1.76 bits per heavy atom. The maximum atomic E-state index is 5.87. The Hall–Kier alpha value is -1.25. The lowest BCUT2D eigenvalue weighted by Crippen LogP contribution is -2.22. The highest BCUT2D eigenvalue weighted by Crippen LogP contribution is 2.20. The van der Waals surface area contributed by atoms with Gasteiger partial charge in [-0.05, 0) is 43.7 Å². The molecule has 3 heteroatoms. The third-order valence-corrected chi connectivity index (χ3v) is 3.09. The highest BCUT2D eigenvalue weighted by Gasteiger charge is 2.12. The summed E-state index contributed by atoms with van der Waals surface area (Å²) in [6.45, 7) is 4.22. The molecule has 0 aliphatic carbocycles. The molecule has 2 aromatic rings. The van der Waals surface area contributed by atoms with Crippen molar-refractivity contribution in [3.8, 4) is 0 Å². The van der Waals surface area contributed by atoms with Gasteiger partial charge in [0.05, 0.1) is 12.3 Å². The van der Waals surface area contributed by atoms with Gasteiger partial charge >= 0.3 is 0 Å². The minimum absolute atomic E-state index is 0.190. The van der Waals surface area contributed by atoms with Crippen LogP contribution in [0.5, 0.6) is 0 Å². The van der Waals surface area contributed by atoms with Crippen LogP contribution in [0.15, 0.2) is 47.1 Å². The summed E-state index contributed by atoms with van der Waals surface area (Å²) in [6, 6.07) is 12.2. The zero-order chi connectivity index (χ0) is 12.3. The molecule has 0 fully saturated rings. The molecule has 0 amide bonds. The van der Waals surface area contributed by atoms with Crippen molar-refractivity contribution in [3.05, 3.63) is 59.0 Å². The number of nitrogens with one attached hydrogen (secondary N) is 1. The summed E-state index contributed by atoms with van der Waals surface area (Å²) < 4.78 is 5.37. The van der Waals surface area contributed by atoms with Crippen LogP contribution in [0.4, 0.5) is 0 Å². The van der Waals surface area contributed by atoms with E-state index in [0.29, 0.717) is 0 Å². The predicted molar refractivity (Wildman–Crippen MR) is 70.1 cm³/mol. The van der Waals surface area contributed by atoms with Crippen LogP contribution in [-0.2, 0) is 0 Å². The van der Waals surface area contributed by atoms with Gasteiger partial charge in [-0.15, -0.1) is 0 Å². The summed E-state index contributed by atoms with van der Waals surface area (Å²) in [6.07, 6.45) is 1.69. The molecule has 1 aromatic carbocycles. The molecule has 0 spiro atoms. The van der Waals surface area contributed by atoms with Gasteiger partial charge in [0.1, 0.15) is 5.76 Å². The summed E-state index contributed by atoms with van der Waals surface area (Å²) in [5.74, 6) is 0.950. The SMILES string of the molecule is CC(NC(C)c1ccco1)c1ccc(Cl)cc1. The number of halogens is 1. The molecule has 0 saturated heterocycles. The average Bonchev–Trinajstić information content (AvgIpc) is 2.83. The first-order chi connectivity index (χ1) is 8.16. The smallest absolute Gasteiger partial charge is 0.120 e. The number of hydrogen-bond donors (Lipinski definition) is 1. The van der Waals surface area contributed by atoms with Crippen molar-refractivity contribution in [1.82, 2.24) is 5.32 Å². The monoisotopic (exact) mass is 249 g/mol. The summed E-state index contributed by atoms with van der Waals surface area (Å²) in [5.41, 5.74) is 1.22. The summed E-state index contributed by atoms with van der Waals surface area (Å²) in [4.78, 5) is 0. The second-order valence-corrected chi connectivity index (χ2v) is 4.61. The van der Waals surface area contributed by atoms with Crippen LogP contribution in [0, 0.1) is 0 Å². The predicted octanol–water partition coefficient (Wildman–Crippen LogP) is 4.34. The molecule has 0 aliphatic rings. The quantitative estimate of drug-likeness (QED) is 0.872. The van der Waals surface area contributed by atoms with E-state index in [0.717, 1.165) is 10.8 Å². The first-order valence-corrected chi connectivity index (χ1v) is 6.09. The van der Waals surface area contributed by atoms with Crippen LogP contribution in [0.2, 0.25) is 5.02 Å². The van der Waals surface area contributed by atoms with E-state index in [4.69, 9.17) is 16.0 Å². The Labute approximate surface area is 107 Å². The molecule has 1 heterocycles. The van der Waals surface area contributed by atoms with Crippen LogP contribution in [-0.4, -0.2) is 0 Å². The number of hydrogen-bond acceptors (Lipinski definition) is 2. The maximum absolute atomic E-state index is 5.87. The molecule has 0 bridgehead atoms. The topological polar surface area (TPSA) is 25.2 Å². The molecule has 2 atom stereocenters. The fourth-order valence-corrected chi connectivity index (χ4v) is 1.97. The summed E-state index contributed by atoms with van der Waals surface area (Å²) in [5, 5.41) is 4.25. The Bertz CT molecular complexity index is 450. The van der Waals surface area contributed by atoms with Crippen LogP contribution in [0.3, 0.4) is 0 Å². The van der Waals surface area contributed by atoms with Gasteiger partial charge in [-0.1, -0.05) is 23.7 Å². The molecular formula is C14H16ClNO. The minimum atomic E-state index is 0.190. The third-order valence-electron chi connectivity index (χ3n) is 2.84. The lowest BCUT2D eigenvalue weighted by atomic mass is 10.1. The Morgan fingerprint density at radius 1 is 1.06 bits per heavy atom. The minimum Gasteiger partial charge on any atom is -0.468 e. The molecule has 1 N–H and O–H groups in total. The van der Waals surface area contributed by atoms with Crippen LogP contribution in [0.1, 0.15) is 37.3 Å². The molecular weight excluding hydrogens is 234 g/mol. The van der Waals surface area contributed by atoms with Crippen molar-refractivity contribution in [2.75, 3.05) is 0 Å². The Morgan fingerprint density at radius 3 is 2.35 bits per heavy atom. The van der Waals surface area contributed by atoms with Crippen LogP contribution >= 0.6 is 11.6 Å². The first kappa shape index (κ1) is 12.2. The largest absolute Gasteiger partial charge is 0.468 e. The standard InChI is InChI=1S/C14H16ClNO/c1-10(12-5-7-13(15)8-6-12)16-11(2)14-4-3-9-17-14/h3-11,16H,1-2H3. The molecule has 2 unspecified atom stereocenters. The van der Waals surface area contributed by atoms with E-state index < -0.39 is 0 Å². The zero-order valence-corrected chi connectivity index (χ0v) is 10.7. The molecule has 17 heavy (non-hydrogen) atoms. The van der Waals surface area contributed by atoms with Gasteiger partial charge < -0.3 is 9.73 Å². The third kappa shape index (κ3) is 3.11. The van der Waals surface area contributed by atoms with Gasteiger partial charge in [0.2, 0.25) is 0 Å². The maximum Gasteiger partial charge on any atom is 0.120 e. The van der Waals surface area contributed by atoms with Gasteiger partial charge in [-0.3, -0.25) is 0 Å². The molecule has 0 aliphatic heterocycles. The molecule has 0 radical (unpaired) electrons. The molecule has 2 rings (SSSR count). The van der Waals surface area contributed by atoms with E-state index in [1.807, 2.05) is 36.4 Å². The fourth-order valence-electron chi connectivity index (χ4n) is 1.84. The van der Waals surface area contributed by atoms with Gasteiger partial charge in [0.15, 0.2) is 0 Å². The lowest BCUT2D eigenvalue weighted by Gasteiger charge is -2.18. The van der Waals surface area contributed by atoms with Crippen molar-refractivity contribution in [3.63, 3.8) is 0 Å². The van der Waals surface area contributed by atoms with Gasteiger partial charge in [-0.2, -0.15) is 0 Å². The summed E-state index contributed by atoms with van der Waals surface area (Å²) >= 11 is 5.87. The molecule has 2 nitrogen and oxygen atoms in total. The van der Waals surface area contributed by atoms with Crippen molar-refractivity contribution in [2.24, 2.45) is 0 Å². The summed E-state index contributed by atoms with van der Waals surface area (Å²) in [7, 11) is 0. The number of furan rings is 1. The van der Waals surface area contributed by atoms with Crippen LogP contribution in [0.25, 0.3) is 0 Å². The first-order valence-electron chi connectivity index (χ1n) is 5.71. The number of rotatable bonds is 4. The van der Waals surface area contributed by atoms with Crippen molar-refractivity contribution in [1.29, 1.82) is 0 Å². The van der Waals surface area contributed by atoms with E-state index in [1.54, 1.807) is 6.26 Å². The van der Waals surface area contributed by atoms with Crippen molar-refractivity contribution in [2.45, 2.75) is 25.9 Å². The van der Waals surface area contributed by atoms with Gasteiger partial charge in [-0.25, -0.2) is 0 Å². The lowest BCUT2D eigenvalue weighted by molar-refractivity contribution is 0.403. The second kappa shape index (κ2) is 5.39. The second-order valence-electron chi connectivity index (χ2n) is 4.18. The Kier molecular flexibility index (Phi) is 3.87. The van der Waals surface area contributed by atoms with Crippen molar-refractivity contribution >= 4 is 11.6 Å². The van der Waals surface area contributed by atoms with Gasteiger partial charge in [0.25, 0.3) is 0 Å². The number of benzene rings is 1. The van der Waals surface area contributed by atoms with E-state index in [9.17, 15) is 0 Å². The average molecular weight is 250 g/mol. The molecule has 90 valence electrons.